The van der Waals surface area contributed by atoms with Gasteiger partial charge in [0, 0.05) is 36.3 Å². The maximum Gasteiger partial charge on any atom is 0.254 e. The predicted molar refractivity (Wildman–Crippen MR) is 86.2 cm³/mol. The number of nitrogens with two attached hydrogens (primary N) is 1. The Labute approximate surface area is 126 Å². The molecule has 2 rings (SSSR count). The molecule has 0 bridgehead atoms. The van der Waals surface area contributed by atoms with E-state index < -0.39 is 0 Å². The minimum Gasteiger partial charge on any atom is -0.334 e. The van der Waals surface area contributed by atoms with Gasteiger partial charge < -0.3 is 10.6 Å². The van der Waals surface area contributed by atoms with Crippen LogP contribution >= 0.6 is 0 Å². The van der Waals surface area contributed by atoms with Gasteiger partial charge in [0.15, 0.2) is 0 Å². The zero-order valence-corrected chi connectivity index (χ0v) is 12.7. The second kappa shape index (κ2) is 7.18. The average molecular weight is 285 g/mol. The molecule has 112 valence electrons. The summed E-state index contributed by atoms with van der Waals surface area (Å²) >= 11 is 0. The number of carbonyl (C=O) groups is 1. The third kappa shape index (κ3) is 3.39. The van der Waals surface area contributed by atoms with E-state index in [0.29, 0.717) is 18.7 Å². The molecule has 1 aromatic heterocycles. The Kier molecular flexibility index (Phi) is 5.28. The molecule has 4 nitrogen and oxygen atoms in total. The van der Waals surface area contributed by atoms with Crippen molar-refractivity contribution in [1.29, 1.82) is 0 Å². The fourth-order valence-electron chi connectivity index (χ4n) is 2.69. The van der Waals surface area contributed by atoms with Crippen molar-refractivity contribution in [1.82, 2.24) is 9.88 Å². The van der Waals surface area contributed by atoms with Gasteiger partial charge in [0.1, 0.15) is 0 Å². The first-order valence-corrected chi connectivity index (χ1v) is 7.57. The predicted octanol–water partition coefficient (Wildman–Crippen LogP) is 2.82. The maximum absolute atomic E-state index is 12.8. The Balaban J connectivity index is 2.33. The highest BCUT2D eigenvalue weighted by molar-refractivity contribution is 5.98. The first-order valence-electron chi connectivity index (χ1n) is 7.57. The van der Waals surface area contributed by atoms with Crippen molar-refractivity contribution in [2.24, 2.45) is 5.73 Å². The SMILES string of the molecule is CCC(CC)N(CCN)C(=O)c1ccc2ncccc2c1. The van der Waals surface area contributed by atoms with E-state index in [2.05, 4.69) is 18.8 Å². The van der Waals surface area contributed by atoms with Gasteiger partial charge in [0.2, 0.25) is 0 Å². The van der Waals surface area contributed by atoms with Crippen LogP contribution in [0.2, 0.25) is 0 Å². The standard InChI is InChI=1S/C17H23N3O/c1-3-15(4-2)20(11-9-18)17(21)14-7-8-16-13(12-14)6-5-10-19-16/h5-8,10,12,15H,3-4,9,11,18H2,1-2H3. The summed E-state index contributed by atoms with van der Waals surface area (Å²) < 4.78 is 0. The number of pyridine rings is 1. The number of nitrogens with zero attached hydrogens (tertiary/aromatic N) is 2. The van der Waals surface area contributed by atoms with Crippen LogP contribution in [0.25, 0.3) is 10.9 Å². The summed E-state index contributed by atoms with van der Waals surface area (Å²) in [4.78, 5) is 19.0. The minimum absolute atomic E-state index is 0.0555. The molecule has 0 fully saturated rings. The fourth-order valence-corrected chi connectivity index (χ4v) is 2.69. The van der Waals surface area contributed by atoms with Gasteiger partial charge in [-0.2, -0.15) is 0 Å². The smallest absolute Gasteiger partial charge is 0.254 e. The Bertz CT molecular complexity index is 608. The molecule has 2 N–H and O–H groups in total. The zero-order chi connectivity index (χ0) is 15.2. The summed E-state index contributed by atoms with van der Waals surface area (Å²) in [5, 5.41) is 0.987. The van der Waals surface area contributed by atoms with Crippen molar-refractivity contribution >= 4 is 16.8 Å². The lowest BCUT2D eigenvalue weighted by molar-refractivity contribution is 0.0674. The second-order valence-electron chi connectivity index (χ2n) is 5.17. The van der Waals surface area contributed by atoms with Gasteiger partial charge in [-0.1, -0.05) is 19.9 Å². The number of aromatic nitrogens is 1. The lowest BCUT2D eigenvalue weighted by Gasteiger charge is -2.30. The molecule has 1 heterocycles. The van der Waals surface area contributed by atoms with Crippen LogP contribution in [0, 0.1) is 0 Å². The minimum atomic E-state index is 0.0555. The number of benzene rings is 1. The monoisotopic (exact) mass is 285 g/mol. The van der Waals surface area contributed by atoms with Crippen LogP contribution in [-0.2, 0) is 0 Å². The first kappa shape index (κ1) is 15.4. The van der Waals surface area contributed by atoms with Gasteiger partial charge >= 0.3 is 0 Å². The Hall–Kier alpha value is -1.94. The third-order valence-corrected chi connectivity index (χ3v) is 3.86. The van der Waals surface area contributed by atoms with E-state index >= 15 is 0 Å². The summed E-state index contributed by atoms with van der Waals surface area (Å²) in [5.74, 6) is 0.0555. The highest BCUT2D eigenvalue weighted by Gasteiger charge is 2.21. The molecule has 0 spiro atoms. The maximum atomic E-state index is 12.8. The Morgan fingerprint density at radius 2 is 2.05 bits per heavy atom. The molecule has 0 aliphatic rings. The van der Waals surface area contributed by atoms with Crippen molar-refractivity contribution in [2.75, 3.05) is 13.1 Å². The average Bonchev–Trinajstić information content (AvgIpc) is 2.54. The summed E-state index contributed by atoms with van der Waals surface area (Å²) in [6, 6.07) is 9.76. The topological polar surface area (TPSA) is 59.2 Å². The first-order chi connectivity index (χ1) is 10.2. The fraction of sp³-hybridized carbons (Fsp3) is 0.412. The van der Waals surface area contributed by atoms with Crippen molar-refractivity contribution in [2.45, 2.75) is 32.7 Å². The van der Waals surface area contributed by atoms with Crippen molar-refractivity contribution in [3.63, 3.8) is 0 Å². The van der Waals surface area contributed by atoms with Crippen LogP contribution in [0.3, 0.4) is 0 Å². The van der Waals surface area contributed by atoms with Crippen LogP contribution in [0.5, 0.6) is 0 Å². The van der Waals surface area contributed by atoms with E-state index in [4.69, 9.17) is 5.73 Å². The Morgan fingerprint density at radius 3 is 2.71 bits per heavy atom. The van der Waals surface area contributed by atoms with Gasteiger partial charge in [0.05, 0.1) is 5.52 Å². The number of rotatable bonds is 6. The Morgan fingerprint density at radius 1 is 1.29 bits per heavy atom. The van der Waals surface area contributed by atoms with Gasteiger partial charge in [-0.3, -0.25) is 9.78 Å². The molecule has 0 aliphatic heterocycles. The van der Waals surface area contributed by atoms with Crippen LogP contribution in [-0.4, -0.2) is 34.9 Å². The van der Waals surface area contributed by atoms with Crippen molar-refractivity contribution in [3.8, 4) is 0 Å². The number of amides is 1. The molecular weight excluding hydrogens is 262 g/mol. The molecule has 2 aromatic rings. The molecule has 0 saturated carbocycles. The van der Waals surface area contributed by atoms with Crippen LogP contribution in [0.15, 0.2) is 36.5 Å². The van der Waals surface area contributed by atoms with Gasteiger partial charge in [-0.15, -0.1) is 0 Å². The van der Waals surface area contributed by atoms with Gasteiger partial charge in [0.25, 0.3) is 5.91 Å². The van der Waals surface area contributed by atoms with Gasteiger partial charge in [-0.25, -0.2) is 0 Å². The van der Waals surface area contributed by atoms with Gasteiger partial charge in [-0.05, 0) is 37.1 Å². The van der Waals surface area contributed by atoms with E-state index in [1.807, 2.05) is 35.2 Å². The molecule has 0 unspecified atom stereocenters. The molecule has 0 saturated heterocycles. The van der Waals surface area contributed by atoms with Crippen LogP contribution in [0.4, 0.5) is 0 Å². The molecule has 21 heavy (non-hydrogen) atoms. The highest BCUT2D eigenvalue weighted by Crippen LogP contribution is 2.17. The summed E-state index contributed by atoms with van der Waals surface area (Å²) in [7, 11) is 0. The quantitative estimate of drug-likeness (QED) is 0.888. The molecule has 1 amide bonds. The largest absolute Gasteiger partial charge is 0.334 e. The van der Waals surface area contributed by atoms with Crippen molar-refractivity contribution in [3.05, 3.63) is 42.1 Å². The van der Waals surface area contributed by atoms with E-state index in [1.165, 1.54) is 0 Å². The second-order valence-corrected chi connectivity index (χ2v) is 5.17. The van der Waals surface area contributed by atoms with Crippen molar-refractivity contribution < 1.29 is 4.79 Å². The number of hydrogen-bond donors (Lipinski definition) is 1. The van der Waals surface area contributed by atoms with E-state index in [9.17, 15) is 4.79 Å². The normalized spacial score (nSPS) is 11.0. The van der Waals surface area contributed by atoms with Crippen LogP contribution in [0.1, 0.15) is 37.0 Å². The van der Waals surface area contributed by atoms with Crippen LogP contribution < -0.4 is 5.73 Å². The molecular formula is C17H23N3O. The lowest BCUT2D eigenvalue weighted by atomic mass is 10.1. The van der Waals surface area contributed by atoms with E-state index in [0.717, 1.165) is 23.7 Å². The molecule has 0 aliphatic carbocycles. The summed E-state index contributed by atoms with van der Waals surface area (Å²) in [5.41, 5.74) is 7.29. The zero-order valence-electron chi connectivity index (χ0n) is 12.7. The highest BCUT2D eigenvalue weighted by atomic mass is 16.2. The summed E-state index contributed by atoms with van der Waals surface area (Å²) in [6.07, 6.45) is 3.64. The molecule has 0 radical (unpaired) electrons. The van der Waals surface area contributed by atoms with E-state index in [1.54, 1.807) is 6.20 Å². The number of carbonyl (C=O) groups excluding carboxylic acids is 1. The third-order valence-electron chi connectivity index (χ3n) is 3.86. The molecule has 1 aromatic carbocycles. The molecule has 0 atom stereocenters. The summed E-state index contributed by atoms with van der Waals surface area (Å²) in [6.45, 7) is 5.29. The number of fused-ring (bicyclic) bond motifs is 1. The molecule has 4 heteroatoms. The number of hydrogen-bond acceptors (Lipinski definition) is 3. The lowest BCUT2D eigenvalue weighted by Crippen LogP contribution is -2.42. The van der Waals surface area contributed by atoms with E-state index in [-0.39, 0.29) is 11.9 Å².